The Balaban J connectivity index is 1.52. The molecule has 5 aromatic rings. The van der Waals surface area contributed by atoms with E-state index in [0.717, 1.165) is 22.0 Å². The van der Waals surface area contributed by atoms with E-state index >= 15 is 0 Å². The van der Waals surface area contributed by atoms with E-state index in [1.54, 1.807) is 43.7 Å². The number of rotatable bonds is 8. The molecule has 0 unspecified atom stereocenters. The van der Waals surface area contributed by atoms with Crippen molar-refractivity contribution >= 4 is 34.3 Å². The smallest absolute Gasteiger partial charge is 0.338 e. The molecular formula is C35H30N4O5S. The zero-order valence-corrected chi connectivity index (χ0v) is 26.1. The lowest BCUT2D eigenvalue weighted by Crippen LogP contribution is -2.40. The van der Waals surface area contributed by atoms with Crippen molar-refractivity contribution in [2.45, 2.75) is 26.4 Å². The van der Waals surface area contributed by atoms with Crippen molar-refractivity contribution in [1.29, 1.82) is 5.26 Å². The summed E-state index contributed by atoms with van der Waals surface area (Å²) in [4.78, 5) is 32.8. The van der Waals surface area contributed by atoms with Crippen molar-refractivity contribution in [1.82, 2.24) is 9.13 Å². The summed E-state index contributed by atoms with van der Waals surface area (Å²) in [5.74, 6) is 0.511. The van der Waals surface area contributed by atoms with E-state index in [-0.39, 0.29) is 17.7 Å². The fourth-order valence-electron chi connectivity index (χ4n) is 5.67. The van der Waals surface area contributed by atoms with E-state index in [2.05, 4.69) is 10.6 Å². The van der Waals surface area contributed by atoms with Crippen molar-refractivity contribution in [2.75, 3.05) is 20.8 Å². The molecule has 1 atom stereocenters. The Morgan fingerprint density at radius 1 is 1.09 bits per heavy atom. The van der Waals surface area contributed by atoms with Gasteiger partial charge in [-0.2, -0.15) is 5.26 Å². The average Bonchev–Trinajstić information content (AvgIpc) is 3.56. The molecule has 0 amide bonds. The second-order valence-corrected chi connectivity index (χ2v) is 11.5. The van der Waals surface area contributed by atoms with E-state index in [4.69, 9.17) is 24.5 Å². The molecule has 0 aliphatic carbocycles. The number of carbonyl (C=O) groups excluding carboxylic acids is 1. The summed E-state index contributed by atoms with van der Waals surface area (Å²) >= 11 is 1.27. The van der Waals surface area contributed by atoms with Crippen LogP contribution in [0.4, 0.5) is 0 Å². The molecule has 226 valence electrons. The zero-order chi connectivity index (χ0) is 31.7. The number of aromatic nitrogens is 2. The van der Waals surface area contributed by atoms with Crippen molar-refractivity contribution in [3.8, 4) is 17.6 Å². The predicted octanol–water partition coefficient (Wildman–Crippen LogP) is 4.69. The molecule has 45 heavy (non-hydrogen) atoms. The van der Waals surface area contributed by atoms with Crippen LogP contribution >= 0.6 is 11.3 Å². The van der Waals surface area contributed by atoms with Gasteiger partial charge in [-0.1, -0.05) is 41.7 Å². The number of benzene rings is 3. The average molecular weight is 619 g/mol. The van der Waals surface area contributed by atoms with Gasteiger partial charge in [-0.3, -0.25) is 9.36 Å². The number of nitriles is 1. The fraction of sp³-hybridized carbons (Fsp3) is 0.200. The van der Waals surface area contributed by atoms with Gasteiger partial charge < -0.3 is 18.8 Å². The standard InChI is InChI=1S/C35H30N4O5S/c1-5-44-34(41)31-21(2)37-35-39(32(31)27-15-14-25(42-3)17-29(27)43-4)33(40)30(45-35)16-24-20-38(28-9-7-6-8-26(24)28)19-23-12-10-22(18-36)11-13-23/h6-17,20,32H,5,19H2,1-4H3/b30-16-/t32-/m0/s1. The van der Waals surface area contributed by atoms with E-state index in [9.17, 15) is 9.59 Å². The van der Waals surface area contributed by atoms with E-state index in [1.807, 2.05) is 60.8 Å². The Kier molecular flexibility index (Phi) is 8.11. The molecule has 10 heteroatoms. The van der Waals surface area contributed by atoms with Crippen molar-refractivity contribution in [3.63, 3.8) is 0 Å². The lowest BCUT2D eigenvalue weighted by molar-refractivity contribution is -0.139. The Hall–Kier alpha value is -5.40. The third kappa shape index (κ3) is 5.43. The van der Waals surface area contributed by atoms with Crippen LogP contribution in [0.3, 0.4) is 0 Å². The van der Waals surface area contributed by atoms with E-state index < -0.39 is 12.0 Å². The summed E-state index contributed by atoms with van der Waals surface area (Å²) in [6.45, 7) is 4.27. The maximum Gasteiger partial charge on any atom is 0.338 e. The Labute approximate surface area is 263 Å². The molecule has 1 aliphatic heterocycles. The Bertz CT molecular complexity index is 2200. The highest BCUT2D eigenvalue weighted by Crippen LogP contribution is 2.37. The molecule has 0 radical (unpaired) electrons. The normalized spacial score (nSPS) is 14.6. The van der Waals surface area contributed by atoms with Crippen LogP contribution in [-0.4, -0.2) is 35.9 Å². The first-order valence-corrected chi connectivity index (χ1v) is 15.2. The minimum atomic E-state index is -0.818. The minimum absolute atomic E-state index is 0.180. The molecular weight excluding hydrogens is 588 g/mol. The number of nitrogens with zero attached hydrogens (tertiary/aromatic N) is 4. The monoisotopic (exact) mass is 618 g/mol. The minimum Gasteiger partial charge on any atom is -0.497 e. The number of hydrogen-bond acceptors (Lipinski definition) is 8. The van der Waals surface area contributed by atoms with Crippen LogP contribution < -0.4 is 24.4 Å². The number of thiazole rings is 1. The lowest BCUT2D eigenvalue weighted by atomic mass is 9.95. The topological polar surface area (TPSA) is 108 Å². The second kappa shape index (κ2) is 12.3. The van der Waals surface area contributed by atoms with Gasteiger partial charge in [0.1, 0.15) is 17.5 Å². The number of allylic oxidation sites excluding steroid dienone is 1. The quantitative estimate of drug-likeness (QED) is 0.234. The molecule has 0 saturated heterocycles. The second-order valence-electron chi connectivity index (χ2n) is 10.4. The molecule has 3 heterocycles. The highest BCUT2D eigenvalue weighted by Gasteiger charge is 2.35. The van der Waals surface area contributed by atoms with Crippen LogP contribution in [-0.2, 0) is 16.1 Å². The van der Waals surface area contributed by atoms with Crippen LogP contribution in [0.25, 0.3) is 17.0 Å². The number of methoxy groups -OCH3 is 2. The number of ether oxygens (including phenoxy) is 3. The number of carbonyl (C=O) groups is 1. The van der Waals surface area contributed by atoms with Crippen LogP contribution in [0.5, 0.6) is 11.5 Å². The van der Waals surface area contributed by atoms with Gasteiger partial charge in [-0.25, -0.2) is 9.79 Å². The Morgan fingerprint density at radius 3 is 2.58 bits per heavy atom. The predicted molar refractivity (Wildman–Crippen MR) is 172 cm³/mol. The van der Waals surface area contributed by atoms with E-state index in [0.29, 0.717) is 44.2 Å². The highest BCUT2D eigenvalue weighted by molar-refractivity contribution is 7.07. The van der Waals surface area contributed by atoms with Gasteiger partial charge in [0.25, 0.3) is 5.56 Å². The fourth-order valence-corrected chi connectivity index (χ4v) is 6.71. The van der Waals surface area contributed by atoms with Gasteiger partial charge in [0.2, 0.25) is 0 Å². The van der Waals surface area contributed by atoms with Crippen molar-refractivity contribution in [2.24, 2.45) is 4.99 Å². The maximum absolute atomic E-state index is 14.3. The third-order valence-electron chi connectivity index (χ3n) is 7.79. The molecule has 6 rings (SSSR count). The van der Waals surface area contributed by atoms with Crippen molar-refractivity contribution < 1.29 is 19.0 Å². The first-order chi connectivity index (χ1) is 21.9. The molecule has 0 saturated carbocycles. The zero-order valence-electron chi connectivity index (χ0n) is 25.2. The maximum atomic E-state index is 14.3. The van der Waals surface area contributed by atoms with Gasteiger partial charge in [-0.05, 0) is 55.8 Å². The number of para-hydroxylation sites is 1. The highest BCUT2D eigenvalue weighted by atomic mass is 32.1. The molecule has 9 nitrogen and oxygen atoms in total. The molecule has 1 aliphatic rings. The third-order valence-corrected chi connectivity index (χ3v) is 8.78. The largest absolute Gasteiger partial charge is 0.497 e. The van der Waals surface area contributed by atoms with E-state index in [1.165, 1.54) is 18.4 Å². The summed E-state index contributed by atoms with van der Waals surface area (Å²) in [6, 6.07) is 22.2. The van der Waals surface area contributed by atoms with Gasteiger partial charge >= 0.3 is 5.97 Å². The van der Waals surface area contributed by atoms with Crippen LogP contribution in [0.1, 0.15) is 42.1 Å². The molecule has 0 fully saturated rings. The number of esters is 1. The summed E-state index contributed by atoms with van der Waals surface area (Å²) < 4.78 is 20.7. The van der Waals surface area contributed by atoms with Gasteiger partial charge in [0.05, 0.1) is 48.3 Å². The first-order valence-electron chi connectivity index (χ1n) is 14.3. The Morgan fingerprint density at radius 2 is 1.87 bits per heavy atom. The molecule has 0 spiro atoms. The summed E-state index contributed by atoms with van der Waals surface area (Å²) in [7, 11) is 3.10. The number of hydrogen-bond donors (Lipinski definition) is 0. The van der Waals surface area contributed by atoms with Crippen LogP contribution in [0.15, 0.2) is 94.0 Å². The first kappa shape index (κ1) is 29.7. The lowest BCUT2D eigenvalue weighted by Gasteiger charge is -2.26. The molecule has 0 N–H and O–H groups in total. The summed E-state index contributed by atoms with van der Waals surface area (Å²) in [6.07, 6.45) is 3.91. The van der Waals surface area contributed by atoms with Crippen LogP contribution in [0, 0.1) is 11.3 Å². The van der Waals surface area contributed by atoms with Gasteiger partial charge in [0.15, 0.2) is 4.80 Å². The molecule has 2 aromatic heterocycles. The van der Waals surface area contributed by atoms with Gasteiger partial charge in [0, 0.05) is 40.8 Å². The van der Waals surface area contributed by atoms with Gasteiger partial charge in [-0.15, -0.1) is 0 Å². The molecule has 3 aromatic carbocycles. The van der Waals surface area contributed by atoms with Crippen molar-refractivity contribution in [3.05, 3.63) is 126 Å². The number of fused-ring (bicyclic) bond motifs is 2. The molecule has 0 bridgehead atoms. The summed E-state index contributed by atoms with van der Waals surface area (Å²) in [5.41, 5.74) is 4.64. The SMILES string of the molecule is CCOC(=O)C1=C(C)N=c2s/c(=C\c3cn(Cc4ccc(C#N)cc4)c4ccccc34)c(=O)n2[C@H]1c1ccc(OC)cc1OC. The van der Waals surface area contributed by atoms with Crippen LogP contribution in [0.2, 0.25) is 0 Å². The summed E-state index contributed by atoms with van der Waals surface area (Å²) in [5, 5.41) is 10.2.